The van der Waals surface area contributed by atoms with Gasteiger partial charge in [0.1, 0.15) is 5.75 Å². The van der Waals surface area contributed by atoms with Gasteiger partial charge in [-0.15, -0.1) is 0 Å². The Morgan fingerprint density at radius 3 is 2.50 bits per heavy atom. The minimum absolute atomic E-state index is 0.508. The fraction of sp³-hybridized carbons (Fsp3) is 0.450. The van der Waals surface area contributed by atoms with Gasteiger partial charge in [0.2, 0.25) is 0 Å². The highest BCUT2D eigenvalue weighted by atomic mass is 16.5. The fourth-order valence-corrected chi connectivity index (χ4v) is 3.22. The van der Waals surface area contributed by atoms with Gasteiger partial charge in [0.05, 0.1) is 12.8 Å². The van der Waals surface area contributed by atoms with Gasteiger partial charge in [-0.05, 0) is 49.2 Å². The van der Waals surface area contributed by atoms with E-state index in [1.807, 2.05) is 18.3 Å². The van der Waals surface area contributed by atoms with E-state index in [0.29, 0.717) is 6.04 Å². The highest BCUT2D eigenvalue weighted by Gasteiger charge is 2.24. The predicted molar refractivity (Wildman–Crippen MR) is 98.7 cm³/mol. The zero-order valence-corrected chi connectivity index (χ0v) is 14.9. The number of ether oxygens (including phenoxy) is 1. The SMILES string of the molecule is CCc1ccc(CN2CCN(c3ccc(OC)cc3)CC2C)nc1. The second-order valence-corrected chi connectivity index (χ2v) is 6.47. The van der Waals surface area contributed by atoms with Crippen LogP contribution in [-0.4, -0.2) is 42.7 Å². The summed E-state index contributed by atoms with van der Waals surface area (Å²) in [5.74, 6) is 0.909. The van der Waals surface area contributed by atoms with E-state index in [1.165, 1.54) is 11.3 Å². The highest BCUT2D eigenvalue weighted by molar-refractivity contribution is 5.49. The van der Waals surface area contributed by atoms with Crippen LogP contribution in [0.25, 0.3) is 0 Å². The number of pyridine rings is 1. The van der Waals surface area contributed by atoms with Gasteiger partial charge >= 0.3 is 0 Å². The van der Waals surface area contributed by atoms with E-state index < -0.39 is 0 Å². The van der Waals surface area contributed by atoms with Crippen LogP contribution >= 0.6 is 0 Å². The molecule has 0 radical (unpaired) electrons. The number of aromatic nitrogens is 1. The third-order valence-corrected chi connectivity index (χ3v) is 4.86. The number of piperazine rings is 1. The topological polar surface area (TPSA) is 28.6 Å². The Bertz CT molecular complexity index is 639. The molecule has 1 fully saturated rings. The molecule has 0 spiro atoms. The van der Waals surface area contributed by atoms with E-state index in [1.54, 1.807) is 7.11 Å². The van der Waals surface area contributed by atoms with E-state index in [-0.39, 0.29) is 0 Å². The smallest absolute Gasteiger partial charge is 0.119 e. The van der Waals surface area contributed by atoms with Crippen LogP contribution in [0.5, 0.6) is 5.75 Å². The van der Waals surface area contributed by atoms with Gasteiger partial charge in [0.15, 0.2) is 0 Å². The Hall–Kier alpha value is -2.07. The van der Waals surface area contributed by atoms with Crippen LogP contribution < -0.4 is 9.64 Å². The summed E-state index contributed by atoms with van der Waals surface area (Å²) in [6.07, 6.45) is 3.05. The summed E-state index contributed by atoms with van der Waals surface area (Å²) < 4.78 is 5.24. The largest absolute Gasteiger partial charge is 0.497 e. The molecule has 0 N–H and O–H groups in total. The average Bonchev–Trinajstić information content (AvgIpc) is 2.64. The first kappa shape index (κ1) is 16.8. The van der Waals surface area contributed by atoms with Gasteiger partial charge in [-0.25, -0.2) is 0 Å². The van der Waals surface area contributed by atoms with E-state index in [2.05, 4.69) is 52.9 Å². The van der Waals surface area contributed by atoms with Crippen molar-refractivity contribution in [2.24, 2.45) is 0 Å². The molecule has 1 saturated heterocycles. The van der Waals surface area contributed by atoms with Crippen molar-refractivity contribution in [2.75, 3.05) is 31.6 Å². The van der Waals surface area contributed by atoms with Crippen molar-refractivity contribution in [3.05, 3.63) is 53.9 Å². The number of aryl methyl sites for hydroxylation is 1. The second kappa shape index (κ2) is 7.67. The van der Waals surface area contributed by atoms with E-state index in [0.717, 1.165) is 44.0 Å². The van der Waals surface area contributed by atoms with Gasteiger partial charge < -0.3 is 9.64 Å². The minimum Gasteiger partial charge on any atom is -0.497 e. The van der Waals surface area contributed by atoms with Crippen LogP contribution in [0, 0.1) is 0 Å². The summed E-state index contributed by atoms with van der Waals surface area (Å²) >= 11 is 0. The van der Waals surface area contributed by atoms with Crippen LogP contribution in [0.15, 0.2) is 42.6 Å². The molecule has 2 aromatic rings. The Morgan fingerprint density at radius 1 is 1.12 bits per heavy atom. The first-order valence-electron chi connectivity index (χ1n) is 8.76. The number of hydrogen-bond acceptors (Lipinski definition) is 4. The Kier molecular flexibility index (Phi) is 5.36. The molecule has 1 atom stereocenters. The lowest BCUT2D eigenvalue weighted by atomic mass is 10.1. The molecule has 4 heteroatoms. The minimum atomic E-state index is 0.508. The fourth-order valence-electron chi connectivity index (χ4n) is 3.22. The molecular weight excluding hydrogens is 298 g/mol. The molecule has 24 heavy (non-hydrogen) atoms. The number of methoxy groups -OCH3 is 1. The molecule has 128 valence electrons. The summed E-state index contributed by atoms with van der Waals surface area (Å²) in [6, 6.07) is 13.2. The molecule has 1 unspecified atom stereocenters. The van der Waals surface area contributed by atoms with Gasteiger partial charge in [-0.2, -0.15) is 0 Å². The zero-order valence-electron chi connectivity index (χ0n) is 14.9. The number of rotatable bonds is 5. The van der Waals surface area contributed by atoms with E-state index in [4.69, 9.17) is 4.74 Å². The number of nitrogens with zero attached hydrogens (tertiary/aromatic N) is 3. The van der Waals surface area contributed by atoms with Crippen molar-refractivity contribution in [3.63, 3.8) is 0 Å². The monoisotopic (exact) mass is 325 g/mol. The first-order valence-corrected chi connectivity index (χ1v) is 8.76. The molecule has 4 nitrogen and oxygen atoms in total. The molecule has 0 amide bonds. The highest BCUT2D eigenvalue weighted by Crippen LogP contribution is 2.23. The molecular formula is C20H27N3O. The van der Waals surface area contributed by atoms with Gasteiger partial charge in [-0.3, -0.25) is 9.88 Å². The van der Waals surface area contributed by atoms with E-state index in [9.17, 15) is 0 Å². The number of hydrogen-bond donors (Lipinski definition) is 0. The molecule has 0 bridgehead atoms. The quantitative estimate of drug-likeness (QED) is 0.843. The summed E-state index contributed by atoms with van der Waals surface area (Å²) in [5, 5.41) is 0. The van der Waals surface area contributed by atoms with Crippen LogP contribution in [0.4, 0.5) is 5.69 Å². The van der Waals surface area contributed by atoms with Crippen molar-refractivity contribution in [1.82, 2.24) is 9.88 Å². The maximum Gasteiger partial charge on any atom is 0.119 e. The van der Waals surface area contributed by atoms with Crippen molar-refractivity contribution in [3.8, 4) is 5.75 Å². The second-order valence-electron chi connectivity index (χ2n) is 6.47. The molecule has 1 aliphatic heterocycles. The molecule has 3 rings (SSSR count). The molecule has 1 aliphatic rings. The van der Waals surface area contributed by atoms with Crippen molar-refractivity contribution in [1.29, 1.82) is 0 Å². The van der Waals surface area contributed by atoms with E-state index >= 15 is 0 Å². The standard InChI is InChI=1S/C20H27N3O/c1-4-17-5-6-18(21-13-17)15-22-11-12-23(14-16(22)2)19-7-9-20(24-3)10-8-19/h5-10,13,16H,4,11-12,14-15H2,1-3H3. The average molecular weight is 325 g/mol. The summed E-state index contributed by atoms with van der Waals surface area (Å²) in [4.78, 5) is 9.58. The molecule has 2 heterocycles. The lowest BCUT2D eigenvalue weighted by Crippen LogP contribution is -2.51. The number of benzene rings is 1. The predicted octanol–water partition coefficient (Wildman–Crippen LogP) is 3.36. The van der Waals surface area contributed by atoms with Crippen LogP contribution in [-0.2, 0) is 13.0 Å². The molecule has 0 aliphatic carbocycles. The van der Waals surface area contributed by atoms with Gasteiger partial charge in [-0.1, -0.05) is 13.0 Å². The lowest BCUT2D eigenvalue weighted by Gasteiger charge is -2.41. The summed E-state index contributed by atoms with van der Waals surface area (Å²) in [7, 11) is 1.71. The Balaban J connectivity index is 1.59. The molecule has 0 saturated carbocycles. The van der Waals surface area contributed by atoms with Crippen molar-refractivity contribution in [2.45, 2.75) is 32.9 Å². The summed E-state index contributed by atoms with van der Waals surface area (Å²) in [5.41, 5.74) is 3.74. The van der Waals surface area contributed by atoms with Crippen LogP contribution in [0.2, 0.25) is 0 Å². The Labute approximate surface area is 145 Å². The lowest BCUT2D eigenvalue weighted by molar-refractivity contribution is 0.179. The zero-order chi connectivity index (χ0) is 16.9. The van der Waals surface area contributed by atoms with Gasteiger partial charge in [0.25, 0.3) is 0 Å². The maximum atomic E-state index is 5.24. The van der Waals surface area contributed by atoms with Crippen molar-refractivity contribution >= 4 is 5.69 Å². The van der Waals surface area contributed by atoms with Crippen molar-refractivity contribution < 1.29 is 4.74 Å². The first-order chi connectivity index (χ1) is 11.7. The third kappa shape index (κ3) is 3.88. The van der Waals surface area contributed by atoms with Gasteiger partial charge in [0, 0.05) is 44.1 Å². The normalized spacial score (nSPS) is 18.6. The van der Waals surface area contributed by atoms with Crippen LogP contribution in [0.1, 0.15) is 25.1 Å². The summed E-state index contributed by atoms with van der Waals surface area (Å²) in [6.45, 7) is 8.54. The number of anilines is 1. The molecule has 1 aromatic carbocycles. The molecule has 1 aromatic heterocycles. The van der Waals surface area contributed by atoms with Crippen LogP contribution in [0.3, 0.4) is 0 Å². The maximum absolute atomic E-state index is 5.24. The Morgan fingerprint density at radius 2 is 1.92 bits per heavy atom. The third-order valence-electron chi connectivity index (χ3n) is 4.86.